The number of ether oxygens (including phenoxy) is 1. The summed E-state index contributed by atoms with van der Waals surface area (Å²) in [7, 11) is 1.64. The van der Waals surface area contributed by atoms with Crippen LogP contribution in [0.2, 0.25) is 5.02 Å². The van der Waals surface area contributed by atoms with Crippen molar-refractivity contribution < 1.29 is 4.74 Å². The van der Waals surface area contributed by atoms with Gasteiger partial charge >= 0.3 is 0 Å². The van der Waals surface area contributed by atoms with Gasteiger partial charge in [0.25, 0.3) is 5.56 Å². The van der Waals surface area contributed by atoms with Crippen molar-refractivity contribution in [2.24, 2.45) is 0 Å². The third-order valence-electron chi connectivity index (χ3n) is 4.88. The molecular formula is C23H18ClN5O2. The number of rotatable bonds is 6. The van der Waals surface area contributed by atoms with Gasteiger partial charge < -0.3 is 9.30 Å². The maximum atomic E-state index is 12.1. The Labute approximate surface area is 183 Å². The van der Waals surface area contributed by atoms with Gasteiger partial charge in [-0.2, -0.15) is 5.26 Å². The van der Waals surface area contributed by atoms with Crippen LogP contribution in [-0.4, -0.2) is 26.2 Å². The summed E-state index contributed by atoms with van der Waals surface area (Å²) < 4.78 is 9.11. The molecule has 0 radical (unpaired) electrons. The number of benzene rings is 1. The summed E-state index contributed by atoms with van der Waals surface area (Å²) >= 11 is 6.00. The first kappa shape index (κ1) is 20.5. The molecule has 4 rings (SSSR count). The van der Waals surface area contributed by atoms with E-state index in [9.17, 15) is 4.79 Å². The van der Waals surface area contributed by atoms with E-state index in [1.165, 1.54) is 10.6 Å². The molecule has 154 valence electrons. The highest BCUT2D eigenvalue weighted by molar-refractivity contribution is 6.30. The lowest BCUT2D eigenvalue weighted by Gasteiger charge is -2.18. The van der Waals surface area contributed by atoms with Gasteiger partial charge in [0.15, 0.2) is 0 Å². The van der Waals surface area contributed by atoms with Crippen molar-refractivity contribution in [3.63, 3.8) is 0 Å². The Morgan fingerprint density at radius 2 is 1.94 bits per heavy atom. The Morgan fingerprint density at radius 3 is 2.61 bits per heavy atom. The van der Waals surface area contributed by atoms with Crippen molar-refractivity contribution in [1.29, 1.82) is 5.26 Å². The quantitative estimate of drug-likeness (QED) is 0.464. The van der Waals surface area contributed by atoms with Gasteiger partial charge in [-0.05, 0) is 35.4 Å². The number of aromatic nitrogens is 4. The lowest BCUT2D eigenvalue weighted by atomic mass is 10.0. The smallest absolute Gasteiger partial charge is 0.256 e. The summed E-state index contributed by atoms with van der Waals surface area (Å²) in [6.45, 7) is 0.531. The molecule has 0 bridgehead atoms. The first-order valence-electron chi connectivity index (χ1n) is 9.45. The van der Waals surface area contributed by atoms with Gasteiger partial charge in [-0.1, -0.05) is 29.8 Å². The molecule has 31 heavy (non-hydrogen) atoms. The maximum absolute atomic E-state index is 12.1. The number of nitriles is 1. The fraction of sp³-hybridized carbons (Fsp3) is 0.130. The topological polar surface area (TPSA) is 85.7 Å². The van der Waals surface area contributed by atoms with Crippen molar-refractivity contribution >= 4 is 11.6 Å². The summed E-state index contributed by atoms with van der Waals surface area (Å²) in [5.74, 6) is 0.495. The third kappa shape index (κ3) is 4.40. The molecule has 0 saturated carbocycles. The van der Waals surface area contributed by atoms with E-state index >= 15 is 0 Å². The molecular weight excluding hydrogens is 414 g/mol. The molecule has 7 nitrogen and oxygen atoms in total. The van der Waals surface area contributed by atoms with Crippen LogP contribution in [0.15, 0.2) is 78.2 Å². The van der Waals surface area contributed by atoms with E-state index in [0.29, 0.717) is 22.9 Å². The number of hydrogen-bond donors (Lipinski definition) is 0. The number of methoxy groups -OCH3 is 1. The predicted molar refractivity (Wildman–Crippen MR) is 116 cm³/mol. The highest BCUT2D eigenvalue weighted by atomic mass is 35.5. The van der Waals surface area contributed by atoms with Crippen LogP contribution in [-0.2, 0) is 11.3 Å². The summed E-state index contributed by atoms with van der Waals surface area (Å²) in [5.41, 5.74) is 3.14. The number of hydrogen-bond acceptors (Lipinski definition) is 5. The molecule has 0 fully saturated rings. The van der Waals surface area contributed by atoms with E-state index in [1.807, 2.05) is 22.8 Å². The van der Waals surface area contributed by atoms with Crippen LogP contribution in [0.4, 0.5) is 0 Å². The summed E-state index contributed by atoms with van der Waals surface area (Å²) in [4.78, 5) is 20.8. The van der Waals surface area contributed by atoms with Crippen LogP contribution in [0.25, 0.3) is 5.82 Å². The summed E-state index contributed by atoms with van der Waals surface area (Å²) in [6, 6.07) is 16.0. The van der Waals surface area contributed by atoms with Crippen LogP contribution in [0.3, 0.4) is 0 Å². The number of nitrogens with zero attached hydrogens (tertiary/aromatic N) is 5. The van der Waals surface area contributed by atoms with E-state index in [-0.39, 0.29) is 11.7 Å². The van der Waals surface area contributed by atoms with Gasteiger partial charge in [-0.25, -0.2) is 9.97 Å². The number of pyridine rings is 2. The van der Waals surface area contributed by atoms with Gasteiger partial charge in [0.2, 0.25) is 0 Å². The molecule has 0 saturated heterocycles. The van der Waals surface area contributed by atoms with E-state index < -0.39 is 0 Å². The molecule has 0 spiro atoms. The molecule has 3 aromatic heterocycles. The highest BCUT2D eigenvalue weighted by Gasteiger charge is 2.18. The van der Waals surface area contributed by atoms with Crippen LogP contribution in [0, 0.1) is 11.3 Å². The van der Waals surface area contributed by atoms with E-state index in [1.54, 1.807) is 56.3 Å². The molecule has 3 heterocycles. The van der Waals surface area contributed by atoms with Gasteiger partial charge in [0.1, 0.15) is 11.9 Å². The second-order valence-corrected chi connectivity index (χ2v) is 7.31. The lowest BCUT2D eigenvalue weighted by molar-refractivity contribution is 0.130. The van der Waals surface area contributed by atoms with Crippen LogP contribution >= 0.6 is 11.6 Å². The predicted octanol–water partition coefficient (Wildman–Crippen LogP) is 3.74. The lowest BCUT2D eigenvalue weighted by Crippen LogP contribution is -2.17. The van der Waals surface area contributed by atoms with Gasteiger partial charge in [0, 0.05) is 25.6 Å². The molecule has 0 aliphatic carbocycles. The molecule has 0 unspecified atom stereocenters. The Bertz CT molecular complexity index is 1290. The van der Waals surface area contributed by atoms with E-state index in [2.05, 4.69) is 16.0 Å². The second-order valence-electron chi connectivity index (χ2n) is 6.88. The van der Waals surface area contributed by atoms with Gasteiger partial charge in [0.05, 0.1) is 41.4 Å². The average molecular weight is 432 g/mol. The molecule has 8 heteroatoms. The minimum absolute atomic E-state index is 0.202. The molecule has 0 amide bonds. The van der Waals surface area contributed by atoms with Crippen molar-refractivity contribution in [2.45, 2.75) is 12.6 Å². The standard InChI is InChI=1S/C23H18ClN5O2/c1-31-23(18-5-2-16(10-25)3-6-18)20-12-26-15-28(20)13-17-4-8-21(27-11-17)29-14-19(24)7-9-22(29)30/h2-9,11-12,14-15,23H,13H2,1H3/t23-/m1/s1. The monoisotopic (exact) mass is 431 g/mol. The molecule has 4 aromatic rings. The van der Waals surface area contributed by atoms with Crippen LogP contribution in [0.5, 0.6) is 0 Å². The van der Waals surface area contributed by atoms with Gasteiger partial charge in [-0.15, -0.1) is 0 Å². The molecule has 1 aromatic carbocycles. The van der Waals surface area contributed by atoms with E-state index in [0.717, 1.165) is 16.8 Å². The van der Waals surface area contributed by atoms with Crippen LogP contribution in [0.1, 0.15) is 28.5 Å². The molecule has 0 aliphatic heterocycles. The number of imidazole rings is 1. The highest BCUT2D eigenvalue weighted by Crippen LogP contribution is 2.26. The average Bonchev–Trinajstić information content (AvgIpc) is 3.25. The minimum Gasteiger partial charge on any atom is -0.370 e. The zero-order valence-electron chi connectivity index (χ0n) is 16.6. The van der Waals surface area contributed by atoms with E-state index in [4.69, 9.17) is 21.6 Å². The van der Waals surface area contributed by atoms with Gasteiger partial charge in [-0.3, -0.25) is 9.36 Å². The molecule has 0 aliphatic rings. The van der Waals surface area contributed by atoms with Crippen molar-refractivity contribution in [2.75, 3.05) is 7.11 Å². The Kier molecular flexibility index (Phi) is 5.94. The fourth-order valence-corrected chi connectivity index (χ4v) is 3.49. The third-order valence-corrected chi connectivity index (χ3v) is 5.10. The Hall–Kier alpha value is -3.73. The van der Waals surface area contributed by atoms with Crippen molar-refractivity contribution in [3.8, 4) is 11.9 Å². The van der Waals surface area contributed by atoms with Crippen LogP contribution < -0.4 is 5.56 Å². The second kappa shape index (κ2) is 8.96. The first-order chi connectivity index (χ1) is 15.1. The Balaban J connectivity index is 1.58. The summed E-state index contributed by atoms with van der Waals surface area (Å²) in [5, 5.41) is 9.47. The molecule has 1 atom stereocenters. The minimum atomic E-state index is -0.326. The fourth-order valence-electron chi connectivity index (χ4n) is 3.33. The van der Waals surface area contributed by atoms with Crippen molar-refractivity contribution in [1.82, 2.24) is 19.1 Å². The summed E-state index contributed by atoms with van der Waals surface area (Å²) in [6.07, 6.45) is 6.43. The SMILES string of the molecule is CO[C@H](c1ccc(C#N)cc1)c1cncn1Cc1ccc(-n2cc(Cl)ccc2=O)nc1. The van der Waals surface area contributed by atoms with Crippen molar-refractivity contribution in [3.05, 3.63) is 111 Å². The Morgan fingerprint density at radius 1 is 1.13 bits per heavy atom. The largest absolute Gasteiger partial charge is 0.370 e. The zero-order chi connectivity index (χ0) is 21.8. The zero-order valence-corrected chi connectivity index (χ0v) is 17.4. The normalized spacial score (nSPS) is 11.8. The maximum Gasteiger partial charge on any atom is 0.256 e. The first-order valence-corrected chi connectivity index (χ1v) is 9.83. The number of halogens is 1. The molecule has 0 N–H and O–H groups in total.